The van der Waals surface area contributed by atoms with Crippen molar-refractivity contribution in [3.05, 3.63) is 45.9 Å². The Hall–Kier alpha value is -1.88. The SMILES string of the molecule is Cc1nc(C(=O)N2CCN(c3ccccc3)CC2)c(C)s1. The zero-order valence-electron chi connectivity index (χ0n) is 12.4. The number of carbonyl (C=O) groups excluding carboxylic acids is 1. The Balaban J connectivity index is 1.66. The van der Waals surface area contributed by atoms with Crippen LogP contribution in [0.5, 0.6) is 0 Å². The highest BCUT2D eigenvalue weighted by molar-refractivity contribution is 7.11. The number of benzene rings is 1. The van der Waals surface area contributed by atoms with E-state index in [-0.39, 0.29) is 5.91 Å². The van der Waals surface area contributed by atoms with Crippen molar-refractivity contribution < 1.29 is 4.79 Å². The smallest absolute Gasteiger partial charge is 0.273 e. The van der Waals surface area contributed by atoms with Gasteiger partial charge in [0.25, 0.3) is 5.91 Å². The van der Waals surface area contributed by atoms with E-state index in [4.69, 9.17) is 0 Å². The average Bonchev–Trinajstić information content (AvgIpc) is 2.86. The molecule has 0 saturated carbocycles. The van der Waals surface area contributed by atoms with E-state index in [2.05, 4.69) is 22.0 Å². The van der Waals surface area contributed by atoms with E-state index in [1.54, 1.807) is 11.3 Å². The molecule has 1 amide bonds. The van der Waals surface area contributed by atoms with Crippen LogP contribution in [0.4, 0.5) is 5.69 Å². The van der Waals surface area contributed by atoms with Crippen molar-refractivity contribution in [1.29, 1.82) is 0 Å². The van der Waals surface area contributed by atoms with Crippen molar-refractivity contribution in [3.63, 3.8) is 0 Å². The quantitative estimate of drug-likeness (QED) is 0.856. The fourth-order valence-electron chi connectivity index (χ4n) is 2.68. The summed E-state index contributed by atoms with van der Waals surface area (Å²) < 4.78 is 0. The molecule has 1 fully saturated rings. The number of hydrogen-bond donors (Lipinski definition) is 0. The predicted octanol–water partition coefficient (Wildman–Crippen LogP) is 2.72. The first kappa shape index (κ1) is 14.1. The van der Waals surface area contributed by atoms with Crippen LogP contribution < -0.4 is 4.90 Å². The van der Waals surface area contributed by atoms with Crippen LogP contribution in [0.2, 0.25) is 0 Å². The van der Waals surface area contributed by atoms with Crippen molar-refractivity contribution in [2.75, 3.05) is 31.1 Å². The number of amides is 1. The maximum absolute atomic E-state index is 12.5. The summed E-state index contributed by atoms with van der Waals surface area (Å²) in [6.45, 7) is 7.17. The molecule has 0 bridgehead atoms. The summed E-state index contributed by atoms with van der Waals surface area (Å²) >= 11 is 1.59. The molecule has 0 spiro atoms. The predicted molar refractivity (Wildman–Crippen MR) is 86.1 cm³/mol. The van der Waals surface area contributed by atoms with Crippen LogP contribution in [0.3, 0.4) is 0 Å². The van der Waals surface area contributed by atoms with E-state index in [0.717, 1.165) is 36.1 Å². The molecular weight excluding hydrogens is 282 g/mol. The molecule has 21 heavy (non-hydrogen) atoms. The lowest BCUT2D eigenvalue weighted by Crippen LogP contribution is -2.49. The van der Waals surface area contributed by atoms with Crippen LogP contribution in [0.25, 0.3) is 0 Å². The molecule has 2 heterocycles. The summed E-state index contributed by atoms with van der Waals surface area (Å²) in [4.78, 5) is 22.2. The molecule has 3 rings (SSSR count). The third kappa shape index (κ3) is 2.93. The van der Waals surface area contributed by atoms with Gasteiger partial charge in [0.05, 0.1) is 5.01 Å². The van der Waals surface area contributed by atoms with Gasteiger partial charge < -0.3 is 9.80 Å². The topological polar surface area (TPSA) is 36.4 Å². The first-order chi connectivity index (χ1) is 10.1. The minimum atomic E-state index is 0.0737. The van der Waals surface area contributed by atoms with E-state index >= 15 is 0 Å². The Bertz CT molecular complexity index is 630. The maximum Gasteiger partial charge on any atom is 0.273 e. The number of rotatable bonds is 2. The molecule has 0 N–H and O–H groups in total. The fraction of sp³-hybridized carbons (Fsp3) is 0.375. The number of carbonyl (C=O) groups is 1. The van der Waals surface area contributed by atoms with E-state index in [1.807, 2.05) is 36.9 Å². The minimum Gasteiger partial charge on any atom is -0.368 e. The second-order valence-electron chi connectivity index (χ2n) is 5.25. The van der Waals surface area contributed by atoms with Gasteiger partial charge in [-0.15, -0.1) is 11.3 Å². The van der Waals surface area contributed by atoms with Gasteiger partial charge in [-0.2, -0.15) is 0 Å². The lowest BCUT2D eigenvalue weighted by atomic mass is 10.2. The number of para-hydroxylation sites is 1. The van der Waals surface area contributed by atoms with E-state index in [1.165, 1.54) is 5.69 Å². The lowest BCUT2D eigenvalue weighted by molar-refractivity contribution is 0.0741. The van der Waals surface area contributed by atoms with Gasteiger partial charge in [0.2, 0.25) is 0 Å². The van der Waals surface area contributed by atoms with Crippen molar-refractivity contribution in [2.24, 2.45) is 0 Å². The molecule has 1 aromatic heterocycles. The van der Waals surface area contributed by atoms with Gasteiger partial charge in [0.1, 0.15) is 5.69 Å². The number of aromatic nitrogens is 1. The molecule has 5 heteroatoms. The highest BCUT2D eigenvalue weighted by Gasteiger charge is 2.25. The molecule has 0 aliphatic carbocycles. The van der Waals surface area contributed by atoms with Gasteiger partial charge in [0.15, 0.2) is 0 Å². The summed E-state index contributed by atoms with van der Waals surface area (Å²) in [6.07, 6.45) is 0. The van der Waals surface area contributed by atoms with Crippen molar-refractivity contribution in [2.45, 2.75) is 13.8 Å². The van der Waals surface area contributed by atoms with Crippen molar-refractivity contribution in [3.8, 4) is 0 Å². The number of piperazine rings is 1. The van der Waals surface area contributed by atoms with E-state index in [9.17, 15) is 4.79 Å². The summed E-state index contributed by atoms with van der Waals surface area (Å²) in [6, 6.07) is 10.4. The van der Waals surface area contributed by atoms with Crippen molar-refractivity contribution in [1.82, 2.24) is 9.88 Å². The Morgan fingerprint density at radius 1 is 1.10 bits per heavy atom. The normalized spacial score (nSPS) is 15.3. The van der Waals surface area contributed by atoms with Gasteiger partial charge in [-0.3, -0.25) is 4.79 Å². The molecule has 0 unspecified atom stereocenters. The van der Waals surface area contributed by atoms with Crippen molar-refractivity contribution >= 4 is 22.9 Å². The minimum absolute atomic E-state index is 0.0737. The number of nitrogens with zero attached hydrogens (tertiary/aromatic N) is 3. The first-order valence-corrected chi connectivity index (χ1v) is 8.00. The van der Waals surface area contributed by atoms with Crippen LogP contribution >= 0.6 is 11.3 Å². The molecular formula is C16H19N3OS. The second-order valence-corrected chi connectivity index (χ2v) is 6.66. The zero-order valence-corrected chi connectivity index (χ0v) is 13.2. The number of thiazole rings is 1. The largest absolute Gasteiger partial charge is 0.368 e. The highest BCUT2D eigenvalue weighted by Crippen LogP contribution is 2.20. The first-order valence-electron chi connectivity index (χ1n) is 7.18. The number of aryl methyl sites for hydroxylation is 2. The van der Waals surface area contributed by atoms with Gasteiger partial charge in [0, 0.05) is 36.7 Å². The number of hydrogen-bond acceptors (Lipinski definition) is 4. The molecule has 1 aliphatic rings. The molecule has 1 aliphatic heterocycles. The van der Waals surface area contributed by atoms with Crippen LogP contribution in [-0.2, 0) is 0 Å². The molecule has 1 aromatic carbocycles. The van der Waals surface area contributed by atoms with Crippen LogP contribution in [0.1, 0.15) is 20.4 Å². The van der Waals surface area contributed by atoms with Gasteiger partial charge in [-0.05, 0) is 26.0 Å². The Morgan fingerprint density at radius 2 is 1.76 bits per heavy atom. The molecule has 4 nitrogen and oxygen atoms in total. The third-order valence-electron chi connectivity index (χ3n) is 3.79. The Morgan fingerprint density at radius 3 is 2.33 bits per heavy atom. The molecule has 2 aromatic rings. The molecule has 0 atom stereocenters. The third-order valence-corrected chi connectivity index (χ3v) is 4.68. The average molecular weight is 301 g/mol. The van der Waals surface area contributed by atoms with Crippen LogP contribution in [-0.4, -0.2) is 42.0 Å². The second kappa shape index (κ2) is 5.85. The lowest BCUT2D eigenvalue weighted by Gasteiger charge is -2.35. The maximum atomic E-state index is 12.5. The Labute approximate surface area is 129 Å². The molecule has 0 radical (unpaired) electrons. The zero-order chi connectivity index (χ0) is 14.8. The summed E-state index contributed by atoms with van der Waals surface area (Å²) in [7, 11) is 0. The number of anilines is 1. The summed E-state index contributed by atoms with van der Waals surface area (Å²) in [5.74, 6) is 0.0737. The van der Waals surface area contributed by atoms with Gasteiger partial charge in [-0.1, -0.05) is 18.2 Å². The summed E-state index contributed by atoms with van der Waals surface area (Å²) in [5.41, 5.74) is 1.86. The van der Waals surface area contributed by atoms with Gasteiger partial charge >= 0.3 is 0 Å². The molecule has 110 valence electrons. The standard InChI is InChI=1S/C16H19N3OS/c1-12-15(17-13(2)21-12)16(20)19-10-8-18(9-11-19)14-6-4-3-5-7-14/h3-7H,8-11H2,1-2H3. The molecule has 1 saturated heterocycles. The fourth-order valence-corrected chi connectivity index (χ4v) is 3.49. The van der Waals surface area contributed by atoms with Crippen LogP contribution in [0, 0.1) is 13.8 Å². The summed E-state index contributed by atoms with van der Waals surface area (Å²) in [5, 5.41) is 0.957. The van der Waals surface area contributed by atoms with Gasteiger partial charge in [-0.25, -0.2) is 4.98 Å². The monoisotopic (exact) mass is 301 g/mol. The van der Waals surface area contributed by atoms with Crippen LogP contribution in [0.15, 0.2) is 30.3 Å². The highest BCUT2D eigenvalue weighted by atomic mass is 32.1. The van der Waals surface area contributed by atoms with E-state index < -0.39 is 0 Å². The van der Waals surface area contributed by atoms with E-state index in [0.29, 0.717) is 5.69 Å². The Kier molecular flexibility index (Phi) is 3.92.